The molecule has 0 bridgehead atoms. The summed E-state index contributed by atoms with van der Waals surface area (Å²) in [5.74, 6) is 0. The predicted molar refractivity (Wildman–Crippen MR) is 43.8 cm³/mol. The van der Waals surface area contributed by atoms with Crippen molar-refractivity contribution in [3.63, 3.8) is 0 Å². The third-order valence-electron chi connectivity index (χ3n) is 1.79. The third kappa shape index (κ3) is 9.74. The third-order valence-corrected chi connectivity index (χ3v) is 2.73. The van der Waals surface area contributed by atoms with E-state index in [1.54, 1.807) is 0 Å². The zero-order valence-corrected chi connectivity index (χ0v) is 13.0. The summed E-state index contributed by atoms with van der Waals surface area (Å²) in [6.07, 6.45) is -7.71. The molecule has 0 N–H and O–H groups in total. The second kappa shape index (κ2) is 7.70. The summed E-state index contributed by atoms with van der Waals surface area (Å²) >= 11 is 0. The minimum absolute atomic E-state index is 0. The fourth-order valence-electron chi connectivity index (χ4n) is 0.958. The molecule has 0 spiro atoms. The Morgan fingerprint density at radius 1 is 0.882 bits per heavy atom. The van der Waals surface area contributed by atoms with Crippen LogP contribution >= 0.6 is 0 Å². The molecule has 98 valence electrons. The zero-order valence-electron chi connectivity index (χ0n) is 9.06. The summed E-state index contributed by atoms with van der Waals surface area (Å²) in [7, 11) is -5.72. The molecule has 0 aromatic carbocycles. The van der Waals surface area contributed by atoms with Crippen LogP contribution in [-0.2, 0) is 10.1 Å². The molecule has 0 atom stereocenters. The Labute approximate surface area is 138 Å². The zero-order chi connectivity index (χ0) is 13.0. The fraction of sp³-hybridized carbons (Fsp3) is 1.00. The van der Waals surface area contributed by atoms with Crippen LogP contribution in [0.2, 0.25) is 0 Å². The molecular weight excluding hydrogens is 298 g/mol. The number of alkyl halides is 5. The fourth-order valence-corrected chi connectivity index (χ4v) is 1.35. The largest absolute Gasteiger partial charge is 1.00 e. The Bertz CT molecular complexity index is 314. The number of hydrogen-bond acceptors (Lipinski definition) is 3. The van der Waals surface area contributed by atoms with E-state index in [-0.39, 0.29) is 64.2 Å². The van der Waals surface area contributed by atoms with Gasteiger partial charge in [-0.3, -0.25) is 0 Å². The summed E-state index contributed by atoms with van der Waals surface area (Å²) in [5, 5.41) is -4.40. The molecule has 0 aromatic heterocycles. The standard InChI is InChI=1S/C7H11F5O3S.K/c8-6(9,10)4-2-1-3-5-7(11,12)16(13,14)15;/h1-5H2,(H,13,14,15);/q;+1/p-1. The molecule has 0 amide bonds. The topological polar surface area (TPSA) is 57.2 Å². The van der Waals surface area contributed by atoms with Gasteiger partial charge in [-0.25, -0.2) is 8.42 Å². The van der Waals surface area contributed by atoms with Crippen molar-refractivity contribution in [1.29, 1.82) is 0 Å². The van der Waals surface area contributed by atoms with Crippen LogP contribution < -0.4 is 51.4 Å². The minimum atomic E-state index is -5.72. The van der Waals surface area contributed by atoms with E-state index in [2.05, 4.69) is 0 Å². The van der Waals surface area contributed by atoms with Gasteiger partial charge in [0.25, 0.3) is 0 Å². The van der Waals surface area contributed by atoms with Gasteiger partial charge >= 0.3 is 62.8 Å². The molecule has 0 saturated heterocycles. The molecule has 0 aliphatic heterocycles. The van der Waals surface area contributed by atoms with Crippen molar-refractivity contribution in [1.82, 2.24) is 0 Å². The monoisotopic (exact) mass is 308 g/mol. The summed E-state index contributed by atoms with van der Waals surface area (Å²) in [6.45, 7) is 0. The van der Waals surface area contributed by atoms with Crippen molar-refractivity contribution in [2.45, 2.75) is 43.5 Å². The van der Waals surface area contributed by atoms with Crippen LogP contribution in [0.4, 0.5) is 22.0 Å². The molecule has 0 unspecified atom stereocenters. The van der Waals surface area contributed by atoms with Gasteiger partial charge in [0.15, 0.2) is 10.1 Å². The van der Waals surface area contributed by atoms with E-state index in [1.807, 2.05) is 0 Å². The van der Waals surface area contributed by atoms with Crippen molar-refractivity contribution in [2.75, 3.05) is 0 Å². The maximum Gasteiger partial charge on any atom is 1.00 e. The molecule has 0 aliphatic carbocycles. The molecule has 17 heavy (non-hydrogen) atoms. The van der Waals surface area contributed by atoms with Gasteiger partial charge < -0.3 is 4.55 Å². The SMILES string of the molecule is O=S(=O)([O-])C(F)(F)CCCCCC(F)(F)F.[K+]. The van der Waals surface area contributed by atoms with E-state index >= 15 is 0 Å². The molecular formula is C7H10F5KO3S. The first kappa shape index (κ1) is 20.5. The maximum atomic E-state index is 12.5. The van der Waals surface area contributed by atoms with Gasteiger partial charge in [-0.2, -0.15) is 22.0 Å². The van der Waals surface area contributed by atoms with Gasteiger partial charge in [0, 0.05) is 12.8 Å². The number of unbranched alkanes of at least 4 members (excludes halogenated alkanes) is 2. The Hall–Kier alpha value is 1.20. The molecule has 0 aliphatic rings. The van der Waals surface area contributed by atoms with E-state index < -0.39 is 40.8 Å². The summed E-state index contributed by atoms with van der Waals surface area (Å²) in [6, 6.07) is 0. The maximum absolute atomic E-state index is 12.5. The van der Waals surface area contributed by atoms with Gasteiger partial charge in [0.2, 0.25) is 0 Å². The van der Waals surface area contributed by atoms with E-state index in [1.165, 1.54) is 0 Å². The van der Waals surface area contributed by atoms with Crippen molar-refractivity contribution < 1.29 is 86.3 Å². The molecule has 0 saturated carbocycles. The summed E-state index contributed by atoms with van der Waals surface area (Å²) in [4.78, 5) is 0. The van der Waals surface area contributed by atoms with E-state index in [9.17, 15) is 34.9 Å². The van der Waals surface area contributed by atoms with Gasteiger partial charge in [-0.15, -0.1) is 0 Å². The van der Waals surface area contributed by atoms with E-state index in [0.29, 0.717) is 0 Å². The Kier molecular flexibility index (Phi) is 9.30. The average molecular weight is 308 g/mol. The Morgan fingerprint density at radius 2 is 1.29 bits per heavy atom. The molecule has 0 aromatic rings. The van der Waals surface area contributed by atoms with Crippen molar-refractivity contribution in [3.05, 3.63) is 0 Å². The number of rotatable bonds is 6. The van der Waals surface area contributed by atoms with Crippen LogP contribution in [0, 0.1) is 0 Å². The van der Waals surface area contributed by atoms with E-state index in [4.69, 9.17) is 0 Å². The first-order chi connectivity index (χ1) is 6.96. The molecule has 10 heteroatoms. The molecule has 0 rings (SSSR count). The Balaban J connectivity index is 0. The first-order valence-electron chi connectivity index (χ1n) is 4.36. The Morgan fingerprint density at radius 3 is 1.65 bits per heavy atom. The van der Waals surface area contributed by atoms with Crippen LogP contribution in [0.15, 0.2) is 0 Å². The molecule has 0 heterocycles. The predicted octanol–water partition coefficient (Wildman–Crippen LogP) is -0.359. The quantitative estimate of drug-likeness (QED) is 0.291. The van der Waals surface area contributed by atoms with Crippen LogP contribution in [0.5, 0.6) is 0 Å². The van der Waals surface area contributed by atoms with Crippen LogP contribution in [0.3, 0.4) is 0 Å². The summed E-state index contributed by atoms with van der Waals surface area (Å²) in [5.41, 5.74) is 0. The van der Waals surface area contributed by atoms with E-state index in [0.717, 1.165) is 0 Å². The van der Waals surface area contributed by atoms with Crippen molar-refractivity contribution in [2.24, 2.45) is 0 Å². The van der Waals surface area contributed by atoms with Gasteiger partial charge in [-0.1, -0.05) is 6.42 Å². The molecule has 0 fully saturated rings. The smallest absolute Gasteiger partial charge is 0.743 e. The van der Waals surface area contributed by atoms with Crippen LogP contribution in [0.25, 0.3) is 0 Å². The number of halogens is 5. The van der Waals surface area contributed by atoms with Crippen LogP contribution in [0.1, 0.15) is 32.1 Å². The summed E-state index contributed by atoms with van der Waals surface area (Å²) < 4.78 is 89.7. The van der Waals surface area contributed by atoms with Gasteiger partial charge in [0.1, 0.15) is 0 Å². The number of hydrogen-bond donors (Lipinski definition) is 0. The van der Waals surface area contributed by atoms with Crippen molar-refractivity contribution >= 4 is 10.1 Å². The average Bonchev–Trinajstić information content (AvgIpc) is 1.98. The normalized spacial score (nSPS) is 13.3. The van der Waals surface area contributed by atoms with Crippen LogP contribution in [-0.4, -0.2) is 24.4 Å². The van der Waals surface area contributed by atoms with Crippen molar-refractivity contribution in [3.8, 4) is 0 Å². The van der Waals surface area contributed by atoms with Gasteiger partial charge in [0.05, 0.1) is 0 Å². The second-order valence-electron chi connectivity index (χ2n) is 3.27. The molecule has 3 nitrogen and oxygen atoms in total. The second-order valence-corrected chi connectivity index (χ2v) is 4.77. The van der Waals surface area contributed by atoms with Gasteiger partial charge in [-0.05, 0) is 12.8 Å². The first-order valence-corrected chi connectivity index (χ1v) is 5.76. The minimum Gasteiger partial charge on any atom is -0.743 e. The molecule has 0 radical (unpaired) electrons.